The van der Waals surface area contributed by atoms with E-state index in [4.69, 9.17) is 4.74 Å². The van der Waals surface area contributed by atoms with E-state index in [-0.39, 0.29) is 53.9 Å². The molecule has 58 heavy (non-hydrogen) atoms. The fraction of sp³-hybridized carbons (Fsp3) is 0.660. The van der Waals surface area contributed by atoms with Crippen molar-refractivity contribution in [3.63, 3.8) is 0 Å². The monoisotopic (exact) mass is 823 g/mol. The van der Waals surface area contributed by atoms with Gasteiger partial charge in [-0.25, -0.2) is 4.79 Å². The van der Waals surface area contributed by atoms with Gasteiger partial charge in [-0.05, 0) is 130 Å². The lowest BCUT2D eigenvalue weighted by Gasteiger charge is -2.71. The number of aliphatic hydroxyl groups excluding tert-OH is 1. The molecule has 9 rings (SSSR count). The molecule has 1 aromatic carbocycles. The van der Waals surface area contributed by atoms with Crippen LogP contribution in [0.3, 0.4) is 0 Å². The van der Waals surface area contributed by atoms with E-state index in [9.17, 15) is 33.0 Å². The number of aryl methyl sites for hydroxylation is 1. The quantitative estimate of drug-likeness (QED) is 0.193. The van der Waals surface area contributed by atoms with Crippen molar-refractivity contribution in [1.82, 2.24) is 4.90 Å². The minimum atomic E-state index is -4.83. The second kappa shape index (κ2) is 14.5. The molecule has 2 aromatic rings. The van der Waals surface area contributed by atoms with Gasteiger partial charge in [-0.2, -0.15) is 0 Å². The Hall–Kier alpha value is -3.15. The standard InChI is InChI=1S/C47H60F3NO6S/c1-28(2)34-13-7-29(3)23-36(34)56-41(54)51(26-31-9-11-33(12-10-31)57-47(48,49)50)27-45(55)20-17-39-43(45,6)19-16-38-42(5)18-15-32(52)24-44(42)21-22-46(38,39)35(25-44)40(53)37-14-8-30(4)58-37/h8-12,14,21-22,25,28-29,32,34,36,38-39,52,55H,7,13,15-20,23-24,26-27H2,1-6H3. The van der Waals surface area contributed by atoms with Crippen molar-refractivity contribution in [2.45, 2.75) is 136 Å². The number of carbonyl (C=O) groups is 2. The minimum absolute atomic E-state index is 0.0246. The summed E-state index contributed by atoms with van der Waals surface area (Å²) in [6.45, 7) is 13.0. The van der Waals surface area contributed by atoms with Crippen molar-refractivity contribution >= 4 is 23.2 Å². The normalized spacial score (nSPS) is 39.1. The maximum Gasteiger partial charge on any atom is 0.573 e. The molecule has 0 saturated heterocycles. The number of halogens is 3. The molecule has 316 valence electrons. The molecule has 0 aliphatic heterocycles. The SMILES string of the molecule is Cc1ccc(C(=O)C2=CC34C=CC25C(CCC2(C)C5CCC2(O)CN(Cc2ccc(OC(F)(F)F)cc2)C(=O)OC2CC(C)CCC2C(C)C)C3(C)CCC(O)C4)s1. The van der Waals surface area contributed by atoms with E-state index in [1.54, 1.807) is 4.90 Å². The number of amides is 1. The van der Waals surface area contributed by atoms with Crippen LogP contribution >= 0.6 is 11.3 Å². The first-order chi connectivity index (χ1) is 27.2. The number of rotatable bonds is 9. The molecule has 1 heterocycles. The number of carbonyl (C=O) groups excluding carboxylic acids is 2. The maximum atomic E-state index is 14.9. The van der Waals surface area contributed by atoms with E-state index >= 15 is 0 Å². The van der Waals surface area contributed by atoms with E-state index in [1.807, 2.05) is 19.1 Å². The van der Waals surface area contributed by atoms with E-state index in [2.05, 4.69) is 57.6 Å². The maximum absolute atomic E-state index is 14.9. The predicted octanol–water partition coefficient (Wildman–Crippen LogP) is 10.8. The van der Waals surface area contributed by atoms with Gasteiger partial charge in [-0.15, -0.1) is 24.5 Å². The minimum Gasteiger partial charge on any atom is -0.446 e. The summed E-state index contributed by atoms with van der Waals surface area (Å²) in [5.41, 5.74) is -1.95. The third kappa shape index (κ3) is 6.68. The Morgan fingerprint density at radius 2 is 1.64 bits per heavy atom. The van der Waals surface area contributed by atoms with Crippen molar-refractivity contribution in [3.05, 3.63) is 75.5 Å². The molecule has 1 aromatic heterocycles. The first kappa shape index (κ1) is 41.6. The molecule has 2 bridgehead atoms. The highest BCUT2D eigenvalue weighted by Gasteiger charge is 2.74. The van der Waals surface area contributed by atoms with Crippen molar-refractivity contribution in [1.29, 1.82) is 0 Å². The van der Waals surface area contributed by atoms with Gasteiger partial charge in [0, 0.05) is 33.2 Å². The number of hydrogen-bond acceptors (Lipinski definition) is 7. The van der Waals surface area contributed by atoms with Crippen molar-refractivity contribution in [2.75, 3.05) is 6.54 Å². The molecule has 11 heteroatoms. The van der Waals surface area contributed by atoms with Crippen LogP contribution in [0.1, 0.15) is 119 Å². The second-order valence-electron chi connectivity index (χ2n) is 19.8. The summed E-state index contributed by atoms with van der Waals surface area (Å²) in [6.07, 6.45) is 8.14. The number of nitrogens with zero attached hydrogens (tertiary/aromatic N) is 1. The van der Waals surface area contributed by atoms with Crippen LogP contribution in [-0.4, -0.2) is 57.7 Å². The van der Waals surface area contributed by atoms with E-state index < -0.39 is 40.4 Å². The Morgan fingerprint density at radius 1 is 0.948 bits per heavy atom. The molecule has 1 amide bonds. The average molecular weight is 824 g/mol. The topological polar surface area (TPSA) is 96.3 Å². The van der Waals surface area contributed by atoms with Gasteiger partial charge in [0.1, 0.15) is 11.9 Å². The summed E-state index contributed by atoms with van der Waals surface area (Å²) in [5, 5.41) is 24.3. The summed E-state index contributed by atoms with van der Waals surface area (Å²) < 4.78 is 49.6. The zero-order chi connectivity index (χ0) is 41.6. The van der Waals surface area contributed by atoms with Crippen LogP contribution in [0.25, 0.3) is 0 Å². The van der Waals surface area contributed by atoms with Gasteiger partial charge < -0.3 is 24.6 Å². The van der Waals surface area contributed by atoms with Crippen LogP contribution in [-0.2, 0) is 11.3 Å². The number of ketones is 1. The summed E-state index contributed by atoms with van der Waals surface area (Å²) in [6, 6.07) is 9.43. The van der Waals surface area contributed by atoms with Gasteiger partial charge in [0.05, 0.1) is 23.1 Å². The van der Waals surface area contributed by atoms with Gasteiger partial charge in [0.15, 0.2) is 5.78 Å². The molecule has 4 fully saturated rings. The first-order valence-electron chi connectivity index (χ1n) is 21.5. The van der Waals surface area contributed by atoms with Crippen LogP contribution in [0.4, 0.5) is 18.0 Å². The first-order valence-corrected chi connectivity index (χ1v) is 22.3. The number of allylic oxidation sites excluding steroid dienone is 4. The van der Waals surface area contributed by atoms with Crippen molar-refractivity contribution in [3.8, 4) is 5.75 Å². The molecule has 7 aliphatic carbocycles. The number of ether oxygens (including phenoxy) is 2. The number of thiophene rings is 1. The molecule has 11 atom stereocenters. The Balaban J connectivity index is 1.15. The molecule has 2 N–H and O–H groups in total. The number of Topliss-reactive ketones (excluding diaryl/α,β-unsaturated/α-hetero) is 1. The zero-order valence-electron chi connectivity index (χ0n) is 34.7. The molecular weight excluding hydrogens is 764 g/mol. The molecule has 0 radical (unpaired) electrons. The molecule has 7 nitrogen and oxygen atoms in total. The number of aliphatic hydroxyl groups is 2. The Kier molecular flexibility index (Phi) is 10.4. The summed E-state index contributed by atoms with van der Waals surface area (Å²) in [5.74, 6) is 0.589. The highest BCUT2D eigenvalue weighted by atomic mass is 32.1. The fourth-order valence-electron chi connectivity index (χ4n) is 13.3. The molecule has 4 saturated carbocycles. The number of alkyl halides is 3. The Labute approximate surface area is 345 Å². The average Bonchev–Trinajstić information content (AvgIpc) is 3.70. The van der Waals surface area contributed by atoms with Crippen LogP contribution in [0.2, 0.25) is 0 Å². The third-order valence-corrected chi connectivity index (χ3v) is 17.4. The molecule has 11 unspecified atom stereocenters. The Bertz CT molecular complexity index is 1980. The van der Waals surface area contributed by atoms with Crippen LogP contribution < -0.4 is 4.74 Å². The summed E-state index contributed by atoms with van der Waals surface area (Å²) >= 11 is 1.50. The van der Waals surface area contributed by atoms with Gasteiger partial charge in [0.2, 0.25) is 0 Å². The fourth-order valence-corrected chi connectivity index (χ4v) is 14.1. The second-order valence-corrected chi connectivity index (χ2v) is 21.1. The van der Waals surface area contributed by atoms with Crippen molar-refractivity contribution in [2.24, 2.45) is 51.2 Å². The van der Waals surface area contributed by atoms with E-state index in [1.165, 1.54) is 35.6 Å². The largest absolute Gasteiger partial charge is 0.573 e. The molecule has 7 aliphatic rings. The van der Waals surface area contributed by atoms with E-state index in [0.717, 1.165) is 42.6 Å². The third-order valence-electron chi connectivity index (χ3n) is 16.4. The van der Waals surface area contributed by atoms with Gasteiger partial charge in [-0.1, -0.05) is 71.4 Å². The lowest BCUT2D eigenvalue weighted by Crippen LogP contribution is -2.67. The lowest BCUT2D eigenvalue weighted by molar-refractivity contribution is -0.274. The van der Waals surface area contributed by atoms with E-state index in [0.29, 0.717) is 54.4 Å². The van der Waals surface area contributed by atoms with Crippen molar-refractivity contribution < 1.29 is 42.4 Å². The van der Waals surface area contributed by atoms with Gasteiger partial charge in [0.25, 0.3) is 0 Å². The number of benzene rings is 1. The number of hydrogen-bond donors (Lipinski definition) is 2. The van der Waals surface area contributed by atoms with Gasteiger partial charge >= 0.3 is 12.5 Å². The smallest absolute Gasteiger partial charge is 0.446 e. The highest BCUT2D eigenvalue weighted by Crippen LogP contribution is 2.78. The molecule has 2 spiro atoms. The van der Waals surface area contributed by atoms with Gasteiger partial charge in [-0.3, -0.25) is 4.79 Å². The highest BCUT2D eigenvalue weighted by molar-refractivity contribution is 7.14. The summed E-state index contributed by atoms with van der Waals surface area (Å²) in [7, 11) is 0. The van der Waals surface area contributed by atoms with Crippen LogP contribution in [0, 0.1) is 58.2 Å². The zero-order valence-corrected chi connectivity index (χ0v) is 35.6. The van der Waals surface area contributed by atoms with Crippen LogP contribution in [0.15, 0.2) is 60.2 Å². The van der Waals surface area contributed by atoms with Crippen LogP contribution in [0.5, 0.6) is 5.75 Å². The Morgan fingerprint density at radius 3 is 2.31 bits per heavy atom. The lowest BCUT2D eigenvalue weighted by atomic mass is 9.32. The number of fused-ring (bicyclic) bond motifs is 1. The predicted molar refractivity (Wildman–Crippen MR) is 217 cm³/mol. The summed E-state index contributed by atoms with van der Waals surface area (Å²) in [4.78, 5) is 32.7. The molecular formula is C47H60F3NO6S.